The highest BCUT2D eigenvalue weighted by Crippen LogP contribution is 2.28. The fraction of sp³-hybridized carbons (Fsp3) is 0.167. The van der Waals surface area contributed by atoms with Gasteiger partial charge in [-0.2, -0.15) is 0 Å². The molecule has 0 fully saturated rings. The summed E-state index contributed by atoms with van der Waals surface area (Å²) in [6, 6.07) is 6.61. The zero-order chi connectivity index (χ0) is 13.1. The number of nitrogens with one attached hydrogen (secondary N) is 1. The molecular weight excluding hydrogens is 252 g/mol. The standard InChI is InChI=1S/C12H13ClN4O/c1-2-8-6-11(17-14)16-12(15-8)7-3-4-10(18)9(13)5-7/h3-6,18H,2,14H2,1H3,(H,15,16,17). The van der Waals surface area contributed by atoms with Crippen LogP contribution in [0, 0.1) is 0 Å². The van der Waals surface area contributed by atoms with Gasteiger partial charge in [-0.1, -0.05) is 18.5 Å². The Morgan fingerprint density at radius 2 is 2.11 bits per heavy atom. The smallest absolute Gasteiger partial charge is 0.161 e. The molecule has 1 aromatic carbocycles. The molecule has 1 aromatic heterocycles. The van der Waals surface area contributed by atoms with Gasteiger partial charge in [0.2, 0.25) is 0 Å². The number of anilines is 1. The maximum absolute atomic E-state index is 9.39. The first-order chi connectivity index (χ1) is 8.63. The van der Waals surface area contributed by atoms with Crippen molar-refractivity contribution >= 4 is 17.4 Å². The van der Waals surface area contributed by atoms with Crippen LogP contribution in [0.25, 0.3) is 11.4 Å². The van der Waals surface area contributed by atoms with Crippen LogP contribution in [-0.2, 0) is 6.42 Å². The number of nitrogens with two attached hydrogens (primary N) is 1. The predicted octanol–water partition coefficient (Wildman–Crippen LogP) is 2.35. The average molecular weight is 265 g/mol. The topological polar surface area (TPSA) is 84.1 Å². The van der Waals surface area contributed by atoms with Crippen molar-refractivity contribution in [3.63, 3.8) is 0 Å². The van der Waals surface area contributed by atoms with Crippen molar-refractivity contribution in [3.05, 3.63) is 35.0 Å². The highest BCUT2D eigenvalue weighted by molar-refractivity contribution is 6.32. The first-order valence-electron chi connectivity index (χ1n) is 5.47. The van der Waals surface area contributed by atoms with Crippen molar-refractivity contribution in [2.45, 2.75) is 13.3 Å². The van der Waals surface area contributed by atoms with E-state index in [9.17, 15) is 5.11 Å². The number of aromatic nitrogens is 2. The van der Waals surface area contributed by atoms with Crippen LogP contribution in [0.5, 0.6) is 5.75 Å². The van der Waals surface area contributed by atoms with Crippen molar-refractivity contribution < 1.29 is 5.11 Å². The molecule has 0 spiro atoms. The van der Waals surface area contributed by atoms with E-state index in [2.05, 4.69) is 15.4 Å². The average Bonchev–Trinajstić information content (AvgIpc) is 2.41. The molecule has 0 bridgehead atoms. The second-order valence-electron chi connectivity index (χ2n) is 3.73. The van der Waals surface area contributed by atoms with Crippen molar-refractivity contribution in [1.29, 1.82) is 0 Å². The monoisotopic (exact) mass is 264 g/mol. The number of nitrogens with zero attached hydrogens (tertiary/aromatic N) is 2. The van der Waals surface area contributed by atoms with Crippen molar-refractivity contribution in [2.75, 3.05) is 5.43 Å². The Labute approximate surface area is 110 Å². The van der Waals surface area contributed by atoms with E-state index in [-0.39, 0.29) is 10.8 Å². The fourth-order valence-electron chi connectivity index (χ4n) is 1.53. The minimum absolute atomic E-state index is 0.0317. The number of phenolic OH excluding ortho intramolecular Hbond substituents is 1. The zero-order valence-electron chi connectivity index (χ0n) is 9.81. The number of hydrazine groups is 1. The molecule has 0 amide bonds. The second kappa shape index (κ2) is 5.20. The lowest BCUT2D eigenvalue weighted by molar-refractivity contribution is 0.475. The van der Waals surface area contributed by atoms with Gasteiger partial charge >= 0.3 is 0 Å². The minimum Gasteiger partial charge on any atom is -0.506 e. The van der Waals surface area contributed by atoms with E-state index in [0.29, 0.717) is 11.6 Å². The van der Waals surface area contributed by atoms with E-state index < -0.39 is 0 Å². The SMILES string of the molecule is CCc1cc(NN)nc(-c2ccc(O)c(Cl)c2)n1. The molecule has 4 N–H and O–H groups in total. The summed E-state index contributed by atoms with van der Waals surface area (Å²) in [4.78, 5) is 8.65. The molecule has 0 atom stereocenters. The van der Waals surface area contributed by atoms with Crippen LogP contribution in [0.1, 0.15) is 12.6 Å². The van der Waals surface area contributed by atoms with E-state index in [1.165, 1.54) is 6.07 Å². The van der Waals surface area contributed by atoms with Gasteiger partial charge in [0, 0.05) is 17.3 Å². The van der Waals surface area contributed by atoms with Gasteiger partial charge in [-0.25, -0.2) is 15.8 Å². The summed E-state index contributed by atoms with van der Waals surface area (Å²) in [6.07, 6.45) is 0.774. The minimum atomic E-state index is 0.0317. The maximum Gasteiger partial charge on any atom is 0.161 e. The number of phenols is 1. The van der Waals surface area contributed by atoms with Crippen molar-refractivity contribution in [3.8, 4) is 17.1 Å². The molecule has 6 heteroatoms. The third-order valence-electron chi connectivity index (χ3n) is 2.50. The highest BCUT2D eigenvalue weighted by Gasteiger charge is 2.08. The van der Waals surface area contributed by atoms with E-state index in [0.717, 1.165) is 17.7 Å². The number of hydrogen-bond acceptors (Lipinski definition) is 5. The zero-order valence-corrected chi connectivity index (χ0v) is 10.6. The molecule has 94 valence electrons. The fourth-order valence-corrected chi connectivity index (χ4v) is 1.71. The van der Waals surface area contributed by atoms with Gasteiger partial charge in [0.25, 0.3) is 0 Å². The van der Waals surface area contributed by atoms with E-state index in [1.54, 1.807) is 18.2 Å². The van der Waals surface area contributed by atoms with Gasteiger partial charge in [0.05, 0.1) is 5.02 Å². The Morgan fingerprint density at radius 1 is 1.33 bits per heavy atom. The molecule has 0 radical (unpaired) electrons. The number of rotatable bonds is 3. The summed E-state index contributed by atoms with van der Waals surface area (Å²) in [5.74, 6) is 6.46. The van der Waals surface area contributed by atoms with Crippen LogP contribution >= 0.6 is 11.6 Å². The van der Waals surface area contributed by atoms with Gasteiger partial charge < -0.3 is 10.5 Å². The van der Waals surface area contributed by atoms with E-state index in [4.69, 9.17) is 17.4 Å². The molecule has 1 heterocycles. The van der Waals surface area contributed by atoms with Crippen molar-refractivity contribution in [1.82, 2.24) is 9.97 Å². The summed E-state index contributed by atoms with van der Waals surface area (Å²) < 4.78 is 0. The van der Waals surface area contributed by atoms with E-state index >= 15 is 0 Å². The summed E-state index contributed by atoms with van der Waals surface area (Å²) in [5, 5.41) is 9.65. The second-order valence-corrected chi connectivity index (χ2v) is 4.14. The third kappa shape index (κ3) is 2.52. The lowest BCUT2D eigenvalue weighted by Gasteiger charge is -2.07. The molecule has 2 rings (SSSR count). The highest BCUT2D eigenvalue weighted by atomic mass is 35.5. The van der Waals surface area contributed by atoms with Gasteiger partial charge in [-0.05, 0) is 24.6 Å². The van der Waals surface area contributed by atoms with Crippen LogP contribution in [0.15, 0.2) is 24.3 Å². The number of hydrogen-bond donors (Lipinski definition) is 3. The number of aryl methyl sites for hydroxylation is 1. The van der Waals surface area contributed by atoms with Gasteiger partial charge in [-0.3, -0.25) is 0 Å². The number of halogens is 1. The maximum atomic E-state index is 9.39. The molecule has 0 saturated carbocycles. The number of aromatic hydroxyl groups is 1. The molecule has 0 aliphatic carbocycles. The largest absolute Gasteiger partial charge is 0.506 e. The Balaban J connectivity index is 2.51. The van der Waals surface area contributed by atoms with E-state index in [1.807, 2.05) is 6.92 Å². The van der Waals surface area contributed by atoms with Crippen LogP contribution in [0.3, 0.4) is 0 Å². The predicted molar refractivity (Wildman–Crippen MR) is 71.3 cm³/mol. The molecule has 0 unspecified atom stereocenters. The first-order valence-corrected chi connectivity index (χ1v) is 5.85. The molecule has 0 saturated heterocycles. The quantitative estimate of drug-likeness (QED) is 0.585. The van der Waals surface area contributed by atoms with Crippen LogP contribution in [0.4, 0.5) is 5.82 Å². The summed E-state index contributed by atoms with van der Waals surface area (Å²) in [7, 11) is 0. The molecule has 18 heavy (non-hydrogen) atoms. The van der Waals surface area contributed by atoms with Crippen molar-refractivity contribution in [2.24, 2.45) is 5.84 Å². The van der Waals surface area contributed by atoms with Crippen LogP contribution < -0.4 is 11.3 Å². The Hall–Kier alpha value is -1.85. The van der Waals surface area contributed by atoms with Gasteiger partial charge in [0.1, 0.15) is 11.6 Å². The van der Waals surface area contributed by atoms with Crippen LogP contribution in [-0.4, -0.2) is 15.1 Å². The lowest BCUT2D eigenvalue weighted by atomic mass is 10.2. The molecule has 2 aromatic rings. The molecular formula is C12H13ClN4O. The molecule has 5 nitrogen and oxygen atoms in total. The first kappa shape index (κ1) is 12.6. The summed E-state index contributed by atoms with van der Waals surface area (Å²) >= 11 is 5.87. The Morgan fingerprint density at radius 3 is 2.72 bits per heavy atom. The number of nitrogen functional groups attached to an aromatic ring is 1. The Bertz CT molecular complexity index is 552. The lowest BCUT2D eigenvalue weighted by Crippen LogP contribution is -2.10. The number of benzene rings is 1. The molecule has 0 aliphatic rings. The van der Waals surface area contributed by atoms with Crippen LogP contribution in [0.2, 0.25) is 5.02 Å². The molecule has 0 aliphatic heterocycles. The Kier molecular flexibility index (Phi) is 3.64. The van der Waals surface area contributed by atoms with Gasteiger partial charge in [0.15, 0.2) is 5.82 Å². The summed E-state index contributed by atoms with van der Waals surface area (Å²) in [5.41, 5.74) is 4.10. The third-order valence-corrected chi connectivity index (χ3v) is 2.80. The van der Waals surface area contributed by atoms with Gasteiger partial charge in [-0.15, -0.1) is 0 Å². The normalized spacial score (nSPS) is 10.4. The summed E-state index contributed by atoms with van der Waals surface area (Å²) in [6.45, 7) is 2.00.